The van der Waals surface area contributed by atoms with E-state index in [1.165, 1.54) is 10.5 Å². The summed E-state index contributed by atoms with van der Waals surface area (Å²) in [5, 5.41) is 2.94. The lowest BCUT2D eigenvalue weighted by Gasteiger charge is -2.31. The summed E-state index contributed by atoms with van der Waals surface area (Å²) < 4.78 is 5.43. The Morgan fingerprint density at radius 2 is 1.69 bits per heavy atom. The largest absolute Gasteiger partial charge is 0.444 e. The standard InChI is InChI=1S/C21H34N2O3/c1-8-18(23(9-2)20(25)26-21(5,6)7)19(24)22-14-16-10-12-17(13-11-16)15(3)4/h10-13,15,18H,8-9,14H2,1-7H3,(H,22,24). The third-order valence-corrected chi connectivity index (χ3v) is 4.15. The van der Waals surface area contributed by atoms with Gasteiger partial charge in [0, 0.05) is 13.1 Å². The number of benzene rings is 1. The number of likely N-dealkylation sites (N-methyl/N-ethyl adjacent to an activating group) is 1. The van der Waals surface area contributed by atoms with Gasteiger partial charge in [-0.25, -0.2) is 4.79 Å². The molecule has 1 atom stereocenters. The van der Waals surface area contributed by atoms with E-state index >= 15 is 0 Å². The van der Waals surface area contributed by atoms with Crippen LogP contribution in [0.2, 0.25) is 0 Å². The lowest BCUT2D eigenvalue weighted by molar-refractivity contribution is -0.126. The highest BCUT2D eigenvalue weighted by atomic mass is 16.6. The SMILES string of the molecule is CCC(C(=O)NCc1ccc(C(C)C)cc1)N(CC)C(=O)OC(C)(C)C. The lowest BCUT2D eigenvalue weighted by Crippen LogP contribution is -2.50. The number of hydrogen-bond donors (Lipinski definition) is 1. The van der Waals surface area contributed by atoms with E-state index in [1.807, 2.05) is 46.8 Å². The normalized spacial score (nSPS) is 12.6. The van der Waals surface area contributed by atoms with Gasteiger partial charge in [0.1, 0.15) is 11.6 Å². The first-order valence-electron chi connectivity index (χ1n) is 9.45. The van der Waals surface area contributed by atoms with E-state index in [0.717, 1.165) is 5.56 Å². The predicted molar refractivity (Wildman–Crippen MR) is 105 cm³/mol. The van der Waals surface area contributed by atoms with Crippen LogP contribution in [0.15, 0.2) is 24.3 Å². The summed E-state index contributed by atoms with van der Waals surface area (Å²) in [6.45, 7) is 14.4. The fraction of sp³-hybridized carbons (Fsp3) is 0.619. The maximum Gasteiger partial charge on any atom is 0.410 e. The number of rotatable bonds is 7. The summed E-state index contributed by atoms with van der Waals surface area (Å²) in [5.41, 5.74) is 1.73. The van der Waals surface area contributed by atoms with Crippen LogP contribution in [0, 0.1) is 0 Å². The topological polar surface area (TPSA) is 58.6 Å². The second-order valence-electron chi connectivity index (χ2n) is 7.80. The third-order valence-electron chi connectivity index (χ3n) is 4.15. The molecule has 2 amide bonds. The van der Waals surface area contributed by atoms with Crippen LogP contribution in [0.4, 0.5) is 4.79 Å². The molecule has 1 rings (SSSR count). The summed E-state index contributed by atoms with van der Waals surface area (Å²) in [6.07, 6.45) is 0.0776. The first kappa shape index (κ1) is 22.0. The highest BCUT2D eigenvalue weighted by Gasteiger charge is 2.30. The predicted octanol–water partition coefficient (Wildman–Crippen LogP) is 4.46. The van der Waals surface area contributed by atoms with Crippen molar-refractivity contribution in [3.63, 3.8) is 0 Å². The molecule has 0 bridgehead atoms. The molecule has 0 saturated carbocycles. The Bertz CT molecular complexity index is 588. The van der Waals surface area contributed by atoms with Gasteiger partial charge in [0.15, 0.2) is 0 Å². The van der Waals surface area contributed by atoms with Gasteiger partial charge in [-0.05, 0) is 51.2 Å². The molecule has 0 aromatic heterocycles. The summed E-state index contributed by atoms with van der Waals surface area (Å²) in [4.78, 5) is 26.5. The van der Waals surface area contributed by atoms with Crippen molar-refractivity contribution in [3.05, 3.63) is 35.4 Å². The number of nitrogens with one attached hydrogen (secondary N) is 1. The van der Waals surface area contributed by atoms with Crippen molar-refractivity contribution in [2.45, 2.75) is 79.0 Å². The van der Waals surface area contributed by atoms with E-state index in [4.69, 9.17) is 4.74 Å². The molecule has 0 aliphatic heterocycles. The van der Waals surface area contributed by atoms with Crippen LogP contribution in [-0.2, 0) is 16.1 Å². The number of ether oxygens (including phenoxy) is 1. The molecule has 0 heterocycles. The summed E-state index contributed by atoms with van der Waals surface area (Å²) in [5.74, 6) is 0.322. The minimum absolute atomic E-state index is 0.159. The van der Waals surface area contributed by atoms with Crippen LogP contribution in [0.1, 0.15) is 71.9 Å². The molecule has 0 aliphatic carbocycles. The van der Waals surface area contributed by atoms with Gasteiger partial charge >= 0.3 is 6.09 Å². The Morgan fingerprint density at radius 1 is 1.12 bits per heavy atom. The number of hydrogen-bond acceptors (Lipinski definition) is 3. The first-order chi connectivity index (χ1) is 12.1. The van der Waals surface area contributed by atoms with E-state index in [-0.39, 0.29) is 5.91 Å². The summed E-state index contributed by atoms with van der Waals surface area (Å²) in [7, 11) is 0. The van der Waals surface area contributed by atoms with Crippen LogP contribution in [-0.4, -0.2) is 35.1 Å². The van der Waals surface area contributed by atoms with Gasteiger partial charge in [-0.15, -0.1) is 0 Å². The van der Waals surface area contributed by atoms with Crippen molar-refractivity contribution in [1.82, 2.24) is 10.2 Å². The Kier molecular flexibility index (Phi) is 8.12. The van der Waals surface area contributed by atoms with Crippen molar-refractivity contribution in [1.29, 1.82) is 0 Å². The molecule has 0 radical (unpaired) electrons. The molecule has 0 fully saturated rings. The zero-order valence-corrected chi connectivity index (χ0v) is 17.3. The Labute approximate surface area is 158 Å². The maximum absolute atomic E-state index is 12.6. The molecule has 5 heteroatoms. The Balaban J connectivity index is 2.73. The number of nitrogens with zero attached hydrogens (tertiary/aromatic N) is 1. The number of carbonyl (C=O) groups is 2. The van der Waals surface area contributed by atoms with E-state index in [1.54, 1.807) is 0 Å². The van der Waals surface area contributed by atoms with Crippen molar-refractivity contribution < 1.29 is 14.3 Å². The summed E-state index contributed by atoms with van der Waals surface area (Å²) >= 11 is 0. The lowest BCUT2D eigenvalue weighted by atomic mass is 10.0. The van der Waals surface area contributed by atoms with Gasteiger partial charge in [0.2, 0.25) is 5.91 Å². The smallest absolute Gasteiger partial charge is 0.410 e. The van der Waals surface area contributed by atoms with Crippen molar-refractivity contribution in [3.8, 4) is 0 Å². The molecule has 1 N–H and O–H groups in total. The van der Waals surface area contributed by atoms with Gasteiger partial charge in [-0.3, -0.25) is 9.69 Å². The van der Waals surface area contributed by atoms with Gasteiger partial charge in [0.05, 0.1) is 0 Å². The number of carbonyl (C=O) groups excluding carboxylic acids is 2. The molecular formula is C21H34N2O3. The van der Waals surface area contributed by atoms with Crippen molar-refractivity contribution in [2.75, 3.05) is 6.54 Å². The molecule has 146 valence electrons. The van der Waals surface area contributed by atoms with Gasteiger partial charge < -0.3 is 10.1 Å². The minimum atomic E-state index is -0.586. The van der Waals surface area contributed by atoms with Crippen LogP contribution >= 0.6 is 0 Å². The fourth-order valence-electron chi connectivity index (χ4n) is 2.67. The van der Waals surface area contributed by atoms with Crippen molar-refractivity contribution >= 4 is 12.0 Å². The van der Waals surface area contributed by atoms with E-state index in [9.17, 15) is 9.59 Å². The van der Waals surface area contributed by atoms with Gasteiger partial charge in [0.25, 0.3) is 0 Å². The third kappa shape index (κ3) is 6.70. The second-order valence-corrected chi connectivity index (χ2v) is 7.80. The molecule has 5 nitrogen and oxygen atoms in total. The fourth-order valence-corrected chi connectivity index (χ4v) is 2.67. The molecule has 1 unspecified atom stereocenters. The molecule has 0 aliphatic rings. The highest BCUT2D eigenvalue weighted by molar-refractivity contribution is 5.85. The van der Waals surface area contributed by atoms with Crippen molar-refractivity contribution in [2.24, 2.45) is 0 Å². The van der Waals surface area contributed by atoms with Crippen LogP contribution < -0.4 is 5.32 Å². The minimum Gasteiger partial charge on any atom is -0.444 e. The Hall–Kier alpha value is -2.04. The molecule has 1 aromatic rings. The van der Waals surface area contributed by atoms with E-state index in [2.05, 4.69) is 31.3 Å². The summed E-state index contributed by atoms with van der Waals surface area (Å²) in [6, 6.07) is 7.69. The first-order valence-corrected chi connectivity index (χ1v) is 9.45. The highest BCUT2D eigenvalue weighted by Crippen LogP contribution is 2.16. The van der Waals surface area contributed by atoms with Crippen LogP contribution in [0.5, 0.6) is 0 Å². The molecule has 0 spiro atoms. The maximum atomic E-state index is 12.6. The molecular weight excluding hydrogens is 328 g/mol. The van der Waals surface area contributed by atoms with Gasteiger partial charge in [-0.2, -0.15) is 0 Å². The average molecular weight is 363 g/mol. The second kappa shape index (κ2) is 9.60. The molecule has 26 heavy (non-hydrogen) atoms. The van der Waals surface area contributed by atoms with E-state index in [0.29, 0.717) is 25.4 Å². The quantitative estimate of drug-likeness (QED) is 0.779. The zero-order valence-electron chi connectivity index (χ0n) is 17.3. The monoisotopic (exact) mass is 362 g/mol. The van der Waals surface area contributed by atoms with E-state index < -0.39 is 17.7 Å². The molecule has 1 aromatic carbocycles. The van der Waals surface area contributed by atoms with Gasteiger partial charge in [-0.1, -0.05) is 45.0 Å². The Morgan fingerprint density at radius 3 is 2.12 bits per heavy atom. The van der Waals surface area contributed by atoms with Crippen LogP contribution in [0.25, 0.3) is 0 Å². The zero-order chi connectivity index (χ0) is 19.9. The van der Waals surface area contributed by atoms with Crippen LogP contribution in [0.3, 0.4) is 0 Å². The molecule has 0 saturated heterocycles. The average Bonchev–Trinajstić information content (AvgIpc) is 2.56. The number of amides is 2.